The van der Waals surface area contributed by atoms with Gasteiger partial charge >= 0.3 is 0 Å². The Kier molecular flexibility index (Phi) is 4.22. The third kappa shape index (κ3) is 3.15. The third-order valence-corrected chi connectivity index (χ3v) is 3.32. The number of amides is 1. The van der Waals surface area contributed by atoms with Crippen molar-refractivity contribution in [3.05, 3.63) is 35.1 Å². The van der Waals surface area contributed by atoms with E-state index in [1.165, 1.54) is 11.1 Å². The molecule has 2 rings (SSSR count). The van der Waals surface area contributed by atoms with Crippen molar-refractivity contribution in [2.45, 2.75) is 26.7 Å². The molecule has 3 N–H and O–H groups in total. The fourth-order valence-electron chi connectivity index (χ4n) is 2.04. The maximum Gasteiger partial charge on any atom is 0.224 e. The van der Waals surface area contributed by atoms with Crippen molar-refractivity contribution in [2.75, 3.05) is 13.1 Å². The largest absolute Gasteiger partial charge is 0.464 e. The van der Waals surface area contributed by atoms with E-state index in [0.29, 0.717) is 19.5 Å². The van der Waals surface area contributed by atoms with Gasteiger partial charge in [0.1, 0.15) is 5.58 Å². The average Bonchev–Trinajstić information content (AvgIpc) is 2.73. The lowest BCUT2D eigenvalue weighted by Gasteiger charge is -2.04. The summed E-state index contributed by atoms with van der Waals surface area (Å²) < 4.78 is 5.51. The molecule has 1 aromatic carbocycles. The second-order valence-corrected chi connectivity index (χ2v) is 4.86. The Morgan fingerprint density at radius 2 is 2.05 bits per heavy atom. The van der Waals surface area contributed by atoms with Crippen molar-refractivity contribution in [1.29, 1.82) is 0 Å². The van der Waals surface area contributed by atoms with Crippen molar-refractivity contribution in [3.8, 4) is 0 Å². The normalized spacial score (nSPS) is 10.9. The highest BCUT2D eigenvalue weighted by molar-refractivity contribution is 5.88. The Balaban J connectivity index is 2.13. The number of nitrogens with one attached hydrogen (secondary N) is 1. The number of nitrogens with two attached hydrogens (primary N) is 1. The molecule has 2 aromatic rings. The van der Waals surface area contributed by atoms with Gasteiger partial charge < -0.3 is 15.5 Å². The SMILES string of the molecule is Cc1cc2occ(CC(=O)NCCCN)c2cc1C. The monoisotopic (exact) mass is 260 g/mol. The zero-order valence-electron chi connectivity index (χ0n) is 11.5. The number of carbonyl (C=O) groups excluding carboxylic acids is 1. The zero-order chi connectivity index (χ0) is 13.8. The maximum absolute atomic E-state index is 11.8. The molecule has 1 aromatic heterocycles. The van der Waals surface area contributed by atoms with Crippen LogP contribution >= 0.6 is 0 Å². The highest BCUT2D eigenvalue weighted by Gasteiger charge is 2.11. The molecule has 0 saturated carbocycles. The van der Waals surface area contributed by atoms with Gasteiger partial charge in [-0.05, 0) is 50.1 Å². The summed E-state index contributed by atoms with van der Waals surface area (Å²) in [5.41, 5.74) is 9.57. The van der Waals surface area contributed by atoms with E-state index in [2.05, 4.69) is 25.2 Å². The predicted molar refractivity (Wildman–Crippen MR) is 76.1 cm³/mol. The lowest BCUT2D eigenvalue weighted by Crippen LogP contribution is -2.27. The van der Waals surface area contributed by atoms with Crippen LogP contribution in [0.15, 0.2) is 22.8 Å². The topological polar surface area (TPSA) is 68.3 Å². The van der Waals surface area contributed by atoms with Gasteiger partial charge in [-0.2, -0.15) is 0 Å². The molecule has 0 aliphatic rings. The quantitative estimate of drug-likeness (QED) is 0.808. The zero-order valence-corrected chi connectivity index (χ0v) is 11.5. The molecule has 0 saturated heterocycles. The van der Waals surface area contributed by atoms with Gasteiger partial charge in [-0.25, -0.2) is 0 Å². The van der Waals surface area contributed by atoms with Crippen LogP contribution in [0, 0.1) is 13.8 Å². The highest BCUT2D eigenvalue weighted by Crippen LogP contribution is 2.25. The number of hydrogen-bond donors (Lipinski definition) is 2. The molecule has 0 aliphatic heterocycles. The highest BCUT2D eigenvalue weighted by atomic mass is 16.3. The van der Waals surface area contributed by atoms with Gasteiger partial charge in [0.15, 0.2) is 0 Å². The van der Waals surface area contributed by atoms with Gasteiger partial charge in [-0.3, -0.25) is 4.79 Å². The minimum Gasteiger partial charge on any atom is -0.464 e. The molecule has 102 valence electrons. The summed E-state index contributed by atoms with van der Waals surface area (Å²) in [6.45, 7) is 5.33. The molecule has 0 aliphatic carbocycles. The summed E-state index contributed by atoms with van der Waals surface area (Å²) in [6.07, 6.45) is 2.82. The first kappa shape index (κ1) is 13.6. The first-order chi connectivity index (χ1) is 9.11. The van der Waals surface area contributed by atoms with E-state index in [0.717, 1.165) is 23.0 Å². The van der Waals surface area contributed by atoms with Gasteiger partial charge in [0.05, 0.1) is 12.7 Å². The fourth-order valence-corrected chi connectivity index (χ4v) is 2.04. The van der Waals surface area contributed by atoms with Crippen molar-refractivity contribution in [1.82, 2.24) is 5.32 Å². The van der Waals surface area contributed by atoms with Crippen LogP contribution in [-0.4, -0.2) is 19.0 Å². The van der Waals surface area contributed by atoms with Gasteiger partial charge in [0, 0.05) is 17.5 Å². The smallest absolute Gasteiger partial charge is 0.224 e. The molecule has 0 fully saturated rings. The van der Waals surface area contributed by atoms with Crippen molar-refractivity contribution in [2.24, 2.45) is 5.73 Å². The van der Waals surface area contributed by atoms with Gasteiger partial charge in [0.2, 0.25) is 5.91 Å². The summed E-state index contributed by atoms with van der Waals surface area (Å²) in [4.78, 5) is 11.8. The van der Waals surface area contributed by atoms with E-state index in [1.807, 2.05) is 6.07 Å². The molecule has 4 nitrogen and oxygen atoms in total. The molecule has 4 heteroatoms. The van der Waals surface area contributed by atoms with Crippen LogP contribution in [0.4, 0.5) is 0 Å². The summed E-state index contributed by atoms with van der Waals surface area (Å²) >= 11 is 0. The molecule has 0 bridgehead atoms. The minimum absolute atomic E-state index is 0.00868. The number of rotatable bonds is 5. The maximum atomic E-state index is 11.8. The Hall–Kier alpha value is -1.81. The van der Waals surface area contributed by atoms with Crippen molar-refractivity contribution >= 4 is 16.9 Å². The lowest BCUT2D eigenvalue weighted by molar-refractivity contribution is -0.120. The van der Waals surface area contributed by atoms with E-state index in [-0.39, 0.29) is 5.91 Å². The van der Waals surface area contributed by atoms with Gasteiger partial charge in [-0.1, -0.05) is 0 Å². The molecule has 0 radical (unpaired) electrons. The van der Waals surface area contributed by atoms with E-state index in [4.69, 9.17) is 10.2 Å². The standard InChI is InChI=1S/C15H20N2O2/c1-10-6-13-12(8-15(18)17-5-3-4-16)9-19-14(13)7-11(10)2/h6-7,9H,3-5,8,16H2,1-2H3,(H,17,18). The molecule has 1 amide bonds. The molecule has 0 unspecified atom stereocenters. The summed E-state index contributed by atoms with van der Waals surface area (Å²) in [5, 5.41) is 3.88. The second kappa shape index (κ2) is 5.89. The van der Waals surface area contributed by atoms with Crippen LogP contribution in [-0.2, 0) is 11.2 Å². The molecule has 19 heavy (non-hydrogen) atoms. The Bertz CT molecular complexity index is 587. The predicted octanol–water partition coefficient (Wildman–Crippen LogP) is 2.06. The third-order valence-electron chi connectivity index (χ3n) is 3.32. The molecule has 0 spiro atoms. The summed E-state index contributed by atoms with van der Waals surface area (Å²) in [7, 11) is 0. The van der Waals surface area contributed by atoms with Crippen LogP contribution < -0.4 is 11.1 Å². The molecular formula is C15H20N2O2. The Morgan fingerprint density at radius 3 is 2.79 bits per heavy atom. The number of furan rings is 1. The van der Waals surface area contributed by atoms with Crippen LogP contribution in [0.5, 0.6) is 0 Å². The average molecular weight is 260 g/mol. The number of carbonyl (C=O) groups is 1. The molecular weight excluding hydrogens is 240 g/mol. The number of fused-ring (bicyclic) bond motifs is 1. The second-order valence-electron chi connectivity index (χ2n) is 4.86. The summed E-state index contributed by atoms with van der Waals surface area (Å²) in [5.74, 6) is 0.00868. The van der Waals surface area contributed by atoms with E-state index in [1.54, 1.807) is 6.26 Å². The van der Waals surface area contributed by atoms with Crippen LogP contribution in [0.1, 0.15) is 23.1 Å². The molecule has 0 atom stereocenters. The Morgan fingerprint density at radius 1 is 1.32 bits per heavy atom. The van der Waals surface area contributed by atoms with Crippen LogP contribution in [0.25, 0.3) is 11.0 Å². The van der Waals surface area contributed by atoms with Crippen molar-refractivity contribution < 1.29 is 9.21 Å². The summed E-state index contributed by atoms with van der Waals surface area (Å²) in [6, 6.07) is 4.09. The lowest BCUT2D eigenvalue weighted by atomic mass is 10.0. The first-order valence-electron chi connectivity index (χ1n) is 6.56. The van der Waals surface area contributed by atoms with E-state index < -0.39 is 0 Å². The van der Waals surface area contributed by atoms with E-state index >= 15 is 0 Å². The van der Waals surface area contributed by atoms with Crippen LogP contribution in [0.3, 0.4) is 0 Å². The van der Waals surface area contributed by atoms with E-state index in [9.17, 15) is 4.79 Å². The number of benzene rings is 1. The fraction of sp³-hybridized carbons (Fsp3) is 0.400. The van der Waals surface area contributed by atoms with Crippen LogP contribution in [0.2, 0.25) is 0 Å². The van der Waals surface area contributed by atoms with Crippen molar-refractivity contribution in [3.63, 3.8) is 0 Å². The Labute approximate surface area is 113 Å². The molecule has 1 heterocycles. The number of hydrogen-bond acceptors (Lipinski definition) is 3. The number of aryl methyl sites for hydroxylation is 2. The van der Waals surface area contributed by atoms with Gasteiger partial charge in [0.25, 0.3) is 0 Å². The first-order valence-corrected chi connectivity index (χ1v) is 6.56. The minimum atomic E-state index is 0.00868. The van der Waals surface area contributed by atoms with Gasteiger partial charge in [-0.15, -0.1) is 0 Å².